The number of ether oxygens (including phenoxy) is 2. The van der Waals surface area contributed by atoms with Crippen molar-refractivity contribution in [3.8, 4) is 17.2 Å². The minimum atomic E-state index is -1.04. The zero-order valence-electron chi connectivity index (χ0n) is 13.9. The predicted molar refractivity (Wildman–Crippen MR) is 92.5 cm³/mol. The van der Waals surface area contributed by atoms with Crippen molar-refractivity contribution in [2.75, 3.05) is 14.2 Å². The summed E-state index contributed by atoms with van der Waals surface area (Å²) in [5, 5.41) is 19.5. The van der Waals surface area contributed by atoms with Gasteiger partial charge in [0.05, 0.1) is 19.8 Å². The number of aromatic hydroxyl groups is 1. The number of methoxy groups -OCH3 is 2. The van der Waals surface area contributed by atoms with Gasteiger partial charge in [0.2, 0.25) is 5.75 Å². The second kappa shape index (κ2) is 7.55. The van der Waals surface area contributed by atoms with E-state index in [1.54, 1.807) is 24.3 Å². The molecule has 126 valence electrons. The lowest BCUT2D eigenvalue weighted by Crippen LogP contribution is -2.00. The molecule has 2 rings (SSSR count). The van der Waals surface area contributed by atoms with Gasteiger partial charge in [-0.05, 0) is 41.3 Å². The Labute approximate surface area is 140 Å². The quantitative estimate of drug-likeness (QED) is 0.626. The zero-order valence-corrected chi connectivity index (χ0v) is 13.9. The highest BCUT2D eigenvalue weighted by Crippen LogP contribution is 2.38. The molecule has 0 saturated heterocycles. The number of phenolic OH excluding ortho intramolecular Hbond substituents is 1. The number of phenols is 1. The number of aryl methyl sites for hydroxylation is 1. The van der Waals surface area contributed by atoms with Gasteiger partial charge in [0, 0.05) is 0 Å². The van der Waals surface area contributed by atoms with Crippen LogP contribution in [0.2, 0.25) is 0 Å². The number of hydrogen-bond donors (Lipinski definition) is 2. The Morgan fingerprint density at radius 3 is 2.04 bits per heavy atom. The first-order chi connectivity index (χ1) is 11.5. The maximum atomic E-state index is 11.7. The first-order valence-corrected chi connectivity index (χ1v) is 7.49. The Hall–Kier alpha value is -2.95. The third kappa shape index (κ3) is 3.68. The van der Waals surface area contributed by atoms with E-state index >= 15 is 0 Å². The smallest absolute Gasteiger partial charge is 0.336 e. The van der Waals surface area contributed by atoms with Crippen LogP contribution in [0.15, 0.2) is 36.4 Å². The monoisotopic (exact) mass is 328 g/mol. The van der Waals surface area contributed by atoms with Crippen molar-refractivity contribution in [1.82, 2.24) is 0 Å². The highest BCUT2D eigenvalue weighted by molar-refractivity contribution is 6.20. The van der Waals surface area contributed by atoms with E-state index in [9.17, 15) is 15.0 Å². The molecule has 0 atom stereocenters. The van der Waals surface area contributed by atoms with Crippen LogP contribution in [-0.2, 0) is 11.2 Å². The molecular formula is C19H20O5. The predicted octanol–water partition coefficient (Wildman–Crippen LogP) is 3.60. The molecule has 0 spiro atoms. The fraction of sp³-hybridized carbons (Fsp3) is 0.211. The molecule has 0 aromatic heterocycles. The Morgan fingerprint density at radius 1 is 1.08 bits per heavy atom. The molecule has 0 radical (unpaired) electrons. The van der Waals surface area contributed by atoms with E-state index in [4.69, 9.17) is 9.47 Å². The van der Waals surface area contributed by atoms with Crippen LogP contribution in [0.5, 0.6) is 17.2 Å². The van der Waals surface area contributed by atoms with Gasteiger partial charge in [-0.25, -0.2) is 4.79 Å². The number of hydrogen-bond acceptors (Lipinski definition) is 4. The molecule has 0 aliphatic heterocycles. The third-order valence-electron chi connectivity index (χ3n) is 3.72. The normalized spacial score (nSPS) is 11.2. The molecule has 5 heteroatoms. The van der Waals surface area contributed by atoms with Gasteiger partial charge >= 0.3 is 5.97 Å². The van der Waals surface area contributed by atoms with Gasteiger partial charge in [-0.1, -0.05) is 31.2 Å². The fourth-order valence-electron chi connectivity index (χ4n) is 2.35. The number of carboxylic acid groups (broad SMARTS) is 1. The van der Waals surface area contributed by atoms with Crippen LogP contribution in [0.1, 0.15) is 23.6 Å². The maximum Gasteiger partial charge on any atom is 0.336 e. The summed E-state index contributed by atoms with van der Waals surface area (Å²) in [6.07, 6.45) is 2.41. The number of rotatable bonds is 6. The summed E-state index contributed by atoms with van der Waals surface area (Å²) >= 11 is 0. The Bertz CT molecular complexity index is 735. The van der Waals surface area contributed by atoms with Crippen molar-refractivity contribution in [2.24, 2.45) is 0 Å². The first-order valence-electron chi connectivity index (χ1n) is 7.49. The topological polar surface area (TPSA) is 76.0 Å². The average Bonchev–Trinajstić information content (AvgIpc) is 2.60. The summed E-state index contributed by atoms with van der Waals surface area (Å²) in [7, 11) is 2.84. The maximum absolute atomic E-state index is 11.7. The molecule has 2 N–H and O–H groups in total. The summed E-state index contributed by atoms with van der Waals surface area (Å²) in [6, 6.07) is 10.5. The molecular weight excluding hydrogens is 308 g/mol. The summed E-state index contributed by atoms with van der Waals surface area (Å²) in [5.74, 6) is -0.732. The van der Waals surface area contributed by atoms with Crippen molar-refractivity contribution in [2.45, 2.75) is 13.3 Å². The molecule has 0 unspecified atom stereocenters. The van der Waals surface area contributed by atoms with Crippen LogP contribution in [0.3, 0.4) is 0 Å². The van der Waals surface area contributed by atoms with E-state index in [0.717, 1.165) is 12.0 Å². The van der Waals surface area contributed by atoms with Gasteiger partial charge in [0.1, 0.15) is 0 Å². The number of aliphatic carboxylic acids is 1. The van der Waals surface area contributed by atoms with Gasteiger partial charge in [0.15, 0.2) is 11.5 Å². The summed E-state index contributed by atoms with van der Waals surface area (Å²) in [4.78, 5) is 11.7. The van der Waals surface area contributed by atoms with Crippen molar-refractivity contribution in [3.63, 3.8) is 0 Å². The van der Waals surface area contributed by atoms with E-state index in [0.29, 0.717) is 11.1 Å². The number of carbonyl (C=O) groups is 1. The van der Waals surface area contributed by atoms with E-state index in [2.05, 4.69) is 0 Å². The highest BCUT2D eigenvalue weighted by Gasteiger charge is 2.14. The number of carboxylic acids is 1. The van der Waals surface area contributed by atoms with E-state index in [-0.39, 0.29) is 22.8 Å². The lowest BCUT2D eigenvalue weighted by atomic mass is 10.0. The van der Waals surface area contributed by atoms with Crippen LogP contribution in [0, 0.1) is 0 Å². The average molecular weight is 328 g/mol. The van der Waals surface area contributed by atoms with E-state index in [1.165, 1.54) is 20.3 Å². The Kier molecular flexibility index (Phi) is 5.47. The molecule has 0 heterocycles. The second-order valence-corrected chi connectivity index (χ2v) is 5.19. The zero-order chi connectivity index (χ0) is 17.7. The number of benzene rings is 2. The van der Waals surface area contributed by atoms with Crippen LogP contribution in [0.25, 0.3) is 11.6 Å². The van der Waals surface area contributed by atoms with Crippen molar-refractivity contribution < 1.29 is 24.5 Å². The summed E-state index contributed by atoms with van der Waals surface area (Å²) < 4.78 is 10.2. The molecule has 0 bridgehead atoms. The van der Waals surface area contributed by atoms with Crippen LogP contribution >= 0.6 is 0 Å². The molecule has 0 aliphatic carbocycles. The molecule has 24 heavy (non-hydrogen) atoms. The third-order valence-corrected chi connectivity index (χ3v) is 3.72. The Morgan fingerprint density at radius 2 is 1.62 bits per heavy atom. The lowest BCUT2D eigenvalue weighted by Gasteiger charge is -2.10. The van der Waals surface area contributed by atoms with Crippen LogP contribution in [-0.4, -0.2) is 30.4 Å². The minimum Gasteiger partial charge on any atom is -0.502 e. The summed E-state index contributed by atoms with van der Waals surface area (Å²) in [5.41, 5.74) is 2.44. The largest absolute Gasteiger partial charge is 0.502 e. The molecule has 0 fully saturated rings. The molecule has 2 aromatic carbocycles. The van der Waals surface area contributed by atoms with E-state index in [1.807, 2.05) is 19.1 Å². The SMILES string of the molecule is CCc1ccc(/C(=C/c2cc(OC)c(O)c(OC)c2)C(=O)O)cc1. The van der Waals surface area contributed by atoms with Gasteiger partial charge in [-0.2, -0.15) is 0 Å². The molecule has 0 amide bonds. The van der Waals surface area contributed by atoms with Crippen molar-refractivity contribution in [1.29, 1.82) is 0 Å². The summed E-state index contributed by atoms with van der Waals surface area (Å²) in [6.45, 7) is 2.04. The fourth-order valence-corrected chi connectivity index (χ4v) is 2.35. The second-order valence-electron chi connectivity index (χ2n) is 5.19. The Balaban J connectivity index is 2.53. The standard InChI is InChI=1S/C19H20O5/c1-4-12-5-7-14(8-6-12)15(19(21)22)9-13-10-16(23-2)18(20)17(11-13)24-3/h5-11,20H,4H2,1-3H3,(H,21,22)/b15-9-. The van der Waals surface area contributed by atoms with E-state index < -0.39 is 5.97 Å². The molecule has 2 aromatic rings. The van der Waals surface area contributed by atoms with Gasteiger partial charge < -0.3 is 19.7 Å². The highest BCUT2D eigenvalue weighted by atomic mass is 16.5. The lowest BCUT2D eigenvalue weighted by molar-refractivity contribution is -0.130. The van der Waals surface area contributed by atoms with Crippen molar-refractivity contribution >= 4 is 17.6 Å². The molecule has 0 aliphatic rings. The molecule has 5 nitrogen and oxygen atoms in total. The van der Waals surface area contributed by atoms with Crippen LogP contribution in [0.4, 0.5) is 0 Å². The van der Waals surface area contributed by atoms with Crippen LogP contribution < -0.4 is 9.47 Å². The van der Waals surface area contributed by atoms with Gasteiger partial charge in [-0.15, -0.1) is 0 Å². The van der Waals surface area contributed by atoms with Gasteiger partial charge in [-0.3, -0.25) is 0 Å². The van der Waals surface area contributed by atoms with Gasteiger partial charge in [0.25, 0.3) is 0 Å². The van der Waals surface area contributed by atoms with Crippen molar-refractivity contribution in [3.05, 3.63) is 53.1 Å². The minimum absolute atomic E-state index is 0.124. The first kappa shape index (κ1) is 17.4. The molecule has 0 saturated carbocycles.